The lowest BCUT2D eigenvalue weighted by atomic mass is 10.4. The molecule has 0 radical (unpaired) electrons. The number of pyridine rings is 1. The molecule has 3 heteroatoms. The zero-order valence-corrected chi connectivity index (χ0v) is 7.36. The van der Waals surface area contributed by atoms with Gasteiger partial charge in [0.25, 0.3) is 0 Å². The van der Waals surface area contributed by atoms with Crippen molar-refractivity contribution in [3.8, 4) is 0 Å². The van der Waals surface area contributed by atoms with Gasteiger partial charge in [0, 0.05) is 18.1 Å². The van der Waals surface area contributed by atoms with Crippen molar-refractivity contribution in [1.29, 1.82) is 0 Å². The van der Waals surface area contributed by atoms with Crippen LogP contribution >= 0.6 is 0 Å². The SMILES string of the molecule is CN.Cc1cnc2ccccn12. The highest BCUT2D eigenvalue weighted by Gasteiger charge is 1.93. The van der Waals surface area contributed by atoms with Crippen molar-refractivity contribution >= 4 is 5.65 Å². The lowest BCUT2D eigenvalue weighted by Crippen LogP contribution is -1.83. The minimum atomic E-state index is 1.01. The highest BCUT2D eigenvalue weighted by Crippen LogP contribution is 2.02. The number of imidazole rings is 1. The van der Waals surface area contributed by atoms with Gasteiger partial charge in [-0.25, -0.2) is 4.98 Å². The van der Waals surface area contributed by atoms with E-state index in [2.05, 4.69) is 15.1 Å². The van der Waals surface area contributed by atoms with Gasteiger partial charge in [-0.3, -0.25) is 0 Å². The van der Waals surface area contributed by atoms with Crippen molar-refractivity contribution < 1.29 is 0 Å². The predicted octanol–water partition coefficient (Wildman–Crippen LogP) is 1.22. The molecule has 2 heterocycles. The summed E-state index contributed by atoms with van der Waals surface area (Å²) in [6.45, 7) is 2.04. The molecule has 2 aromatic rings. The largest absolute Gasteiger partial charge is 0.333 e. The number of rotatable bonds is 0. The third-order valence-corrected chi connectivity index (χ3v) is 1.60. The van der Waals surface area contributed by atoms with Crippen LogP contribution in [0.4, 0.5) is 0 Å². The number of fused-ring (bicyclic) bond motifs is 1. The maximum Gasteiger partial charge on any atom is 0.136 e. The number of hydrogen-bond donors (Lipinski definition) is 1. The van der Waals surface area contributed by atoms with E-state index in [0.29, 0.717) is 0 Å². The average molecular weight is 163 g/mol. The van der Waals surface area contributed by atoms with Gasteiger partial charge in [0.2, 0.25) is 0 Å². The van der Waals surface area contributed by atoms with E-state index in [1.54, 1.807) is 0 Å². The van der Waals surface area contributed by atoms with Gasteiger partial charge in [-0.2, -0.15) is 0 Å². The molecule has 0 aliphatic heterocycles. The second-order valence-electron chi connectivity index (χ2n) is 2.33. The molecule has 0 unspecified atom stereocenters. The summed E-state index contributed by atoms with van der Waals surface area (Å²) >= 11 is 0. The maximum absolute atomic E-state index is 4.50. The lowest BCUT2D eigenvalue weighted by Gasteiger charge is -1.91. The molecule has 0 aliphatic rings. The molecule has 0 saturated carbocycles. The van der Waals surface area contributed by atoms with E-state index in [4.69, 9.17) is 0 Å². The molecule has 2 N–H and O–H groups in total. The zero-order valence-electron chi connectivity index (χ0n) is 7.36. The fourth-order valence-electron chi connectivity index (χ4n) is 1.06. The van der Waals surface area contributed by atoms with Gasteiger partial charge in [-0.1, -0.05) is 6.07 Å². The number of hydrogen-bond acceptors (Lipinski definition) is 2. The summed E-state index contributed by atoms with van der Waals surface area (Å²) in [5.74, 6) is 0. The summed E-state index contributed by atoms with van der Waals surface area (Å²) in [7, 11) is 1.50. The Morgan fingerprint density at radius 1 is 1.33 bits per heavy atom. The molecule has 0 spiro atoms. The molecule has 3 nitrogen and oxygen atoms in total. The number of nitrogens with two attached hydrogens (primary N) is 1. The third-order valence-electron chi connectivity index (χ3n) is 1.60. The van der Waals surface area contributed by atoms with Crippen LogP contribution in [0.15, 0.2) is 30.6 Å². The van der Waals surface area contributed by atoms with E-state index in [-0.39, 0.29) is 0 Å². The van der Waals surface area contributed by atoms with E-state index >= 15 is 0 Å². The molecule has 0 aliphatic carbocycles. The van der Waals surface area contributed by atoms with Crippen LogP contribution in [0.5, 0.6) is 0 Å². The second-order valence-corrected chi connectivity index (χ2v) is 2.33. The highest BCUT2D eigenvalue weighted by atomic mass is 15.0. The molecule has 0 fully saturated rings. The monoisotopic (exact) mass is 163 g/mol. The lowest BCUT2D eigenvalue weighted by molar-refractivity contribution is 1.11. The Morgan fingerprint density at radius 2 is 2.08 bits per heavy atom. The van der Waals surface area contributed by atoms with Crippen LogP contribution in [0.1, 0.15) is 5.69 Å². The van der Waals surface area contributed by atoms with Gasteiger partial charge in [-0.15, -0.1) is 0 Å². The summed E-state index contributed by atoms with van der Waals surface area (Å²) in [5.41, 5.74) is 6.69. The van der Waals surface area contributed by atoms with Gasteiger partial charge in [0.1, 0.15) is 5.65 Å². The van der Waals surface area contributed by atoms with Crippen LogP contribution in [0.25, 0.3) is 5.65 Å². The predicted molar refractivity (Wildman–Crippen MR) is 50.0 cm³/mol. The summed E-state index contributed by atoms with van der Waals surface area (Å²) in [6.07, 6.45) is 3.88. The average Bonchev–Trinajstić information content (AvgIpc) is 2.53. The van der Waals surface area contributed by atoms with Crippen LogP contribution in [0.3, 0.4) is 0 Å². The molecule has 0 atom stereocenters. The Bertz CT molecular complexity index is 351. The molecule has 0 saturated heterocycles. The fourth-order valence-corrected chi connectivity index (χ4v) is 1.06. The van der Waals surface area contributed by atoms with E-state index < -0.39 is 0 Å². The fraction of sp³-hybridized carbons (Fsp3) is 0.222. The summed E-state index contributed by atoms with van der Waals surface area (Å²) in [6, 6.07) is 5.98. The van der Waals surface area contributed by atoms with E-state index in [9.17, 15) is 0 Å². The van der Waals surface area contributed by atoms with Crippen molar-refractivity contribution in [1.82, 2.24) is 9.38 Å². The maximum atomic E-state index is 4.50. The van der Waals surface area contributed by atoms with Crippen molar-refractivity contribution in [2.75, 3.05) is 7.05 Å². The van der Waals surface area contributed by atoms with Gasteiger partial charge in [0.05, 0.1) is 0 Å². The van der Waals surface area contributed by atoms with E-state index in [0.717, 1.165) is 5.65 Å². The van der Waals surface area contributed by atoms with Gasteiger partial charge >= 0.3 is 0 Å². The first-order chi connectivity index (χ1) is 5.88. The molecule has 0 aromatic carbocycles. The number of aryl methyl sites for hydroxylation is 1. The third kappa shape index (κ3) is 1.46. The van der Waals surface area contributed by atoms with Crippen LogP contribution in [-0.2, 0) is 0 Å². The summed E-state index contributed by atoms with van der Waals surface area (Å²) in [4.78, 5) is 4.18. The smallest absolute Gasteiger partial charge is 0.136 e. The molecule has 0 amide bonds. The minimum Gasteiger partial charge on any atom is -0.333 e. The molecule has 2 rings (SSSR count). The molecule has 2 aromatic heterocycles. The minimum absolute atomic E-state index is 1.01. The summed E-state index contributed by atoms with van der Waals surface area (Å²) in [5, 5.41) is 0. The van der Waals surface area contributed by atoms with Crippen molar-refractivity contribution in [2.24, 2.45) is 5.73 Å². The van der Waals surface area contributed by atoms with E-state index in [1.165, 1.54) is 12.7 Å². The molecular formula is C9H13N3. The topological polar surface area (TPSA) is 43.3 Å². The van der Waals surface area contributed by atoms with Crippen LogP contribution in [-0.4, -0.2) is 16.4 Å². The molecular weight excluding hydrogens is 150 g/mol. The van der Waals surface area contributed by atoms with E-state index in [1.807, 2.05) is 37.5 Å². The first-order valence-corrected chi connectivity index (χ1v) is 3.84. The number of aromatic nitrogens is 2. The van der Waals surface area contributed by atoms with Gasteiger partial charge < -0.3 is 10.1 Å². The summed E-state index contributed by atoms with van der Waals surface area (Å²) < 4.78 is 2.06. The first kappa shape index (κ1) is 8.74. The van der Waals surface area contributed by atoms with Crippen LogP contribution < -0.4 is 5.73 Å². The normalized spacial score (nSPS) is 9.25. The second kappa shape index (κ2) is 3.88. The Kier molecular flexibility index (Phi) is 2.82. The molecule has 64 valence electrons. The van der Waals surface area contributed by atoms with Gasteiger partial charge in [-0.05, 0) is 26.1 Å². The Balaban J connectivity index is 0.000000336. The van der Waals surface area contributed by atoms with Crippen LogP contribution in [0, 0.1) is 6.92 Å². The Labute approximate surface area is 71.8 Å². The Morgan fingerprint density at radius 3 is 2.75 bits per heavy atom. The first-order valence-electron chi connectivity index (χ1n) is 3.84. The van der Waals surface area contributed by atoms with Gasteiger partial charge in [0.15, 0.2) is 0 Å². The van der Waals surface area contributed by atoms with Crippen molar-refractivity contribution in [2.45, 2.75) is 6.92 Å². The van der Waals surface area contributed by atoms with Crippen molar-refractivity contribution in [3.63, 3.8) is 0 Å². The van der Waals surface area contributed by atoms with Crippen molar-refractivity contribution in [3.05, 3.63) is 36.3 Å². The molecule has 0 bridgehead atoms. The quantitative estimate of drug-likeness (QED) is 0.634. The highest BCUT2D eigenvalue weighted by molar-refractivity contribution is 5.39. The zero-order chi connectivity index (χ0) is 8.97. The standard InChI is InChI=1S/C8H8N2.CH5N/c1-7-6-9-8-4-2-3-5-10(7)8;1-2/h2-6H,1H3;2H2,1H3. The number of nitrogens with zero attached hydrogens (tertiary/aromatic N) is 2. The van der Waals surface area contributed by atoms with Crippen LogP contribution in [0.2, 0.25) is 0 Å². The Hall–Kier alpha value is -1.35. The molecule has 12 heavy (non-hydrogen) atoms.